The molecule has 1 N–H and O–H groups in total. The normalized spacial score (nSPS) is 17.0. The molecule has 1 aromatic heterocycles. The maximum atomic E-state index is 10.8. The number of hydrogen-bond donors (Lipinski definition) is 1. The molecule has 1 saturated heterocycles. The summed E-state index contributed by atoms with van der Waals surface area (Å²) in [6.45, 7) is 1.41. The van der Waals surface area contributed by atoms with Crippen LogP contribution in [0.4, 0.5) is 11.4 Å². The van der Waals surface area contributed by atoms with E-state index in [2.05, 4.69) is 10.3 Å². The van der Waals surface area contributed by atoms with Crippen LogP contribution in [0.2, 0.25) is 0 Å². The predicted molar refractivity (Wildman–Crippen MR) is 58.4 cm³/mol. The summed E-state index contributed by atoms with van der Waals surface area (Å²) in [5.74, 6) is 0. The van der Waals surface area contributed by atoms with E-state index < -0.39 is 4.92 Å². The number of pyridine rings is 1. The third kappa shape index (κ3) is 2.46. The van der Waals surface area contributed by atoms with Crippen molar-refractivity contribution in [3.63, 3.8) is 0 Å². The van der Waals surface area contributed by atoms with E-state index in [0.29, 0.717) is 18.9 Å². The van der Waals surface area contributed by atoms with Crippen LogP contribution in [0.1, 0.15) is 12.8 Å². The Morgan fingerprint density at radius 3 is 2.94 bits per heavy atom. The second-order valence-electron chi connectivity index (χ2n) is 3.68. The molecular weight excluding hydrogens is 210 g/mol. The lowest BCUT2D eigenvalue weighted by Crippen LogP contribution is -2.28. The largest absolute Gasteiger partial charge is 0.381 e. The van der Waals surface area contributed by atoms with Gasteiger partial charge in [0.15, 0.2) is 0 Å². The highest BCUT2D eigenvalue weighted by Crippen LogP contribution is 2.24. The molecule has 0 aliphatic carbocycles. The van der Waals surface area contributed by atoms with Gasteiger partial charge in [0, 0.05) is 25.5 Å². The van der Waals surface area contributed by atoms with E-state index in [1.807, 2.05) is 0 Å². The smallest absolute Gasteiger partial charge is 0.310 e. The molecule has 0 radical (unpaired) electrons. The Bertz CT molecular complexity index is 377. The van der Waals surface area contributed by atoms with Gasteiger partial charge in [-0.2, -0.15) is 0 Å². The number of nitrogens with one attached hydrogen (secondary N) is 1. The first-order valence-electron chi connectivity index (χ1n) is 5.20. The molecule has 0 amide bonds. The van der Waals surface area contributed by atoms with Crippen molar-refractivity contribution in [2.75, 3.05) is 18.5 Å². The van der Waals surface area contributed by atoms with Crippen LogP contribution in [0.15, 0.2) is 18.5 Å². The lowest BCUT2D eigenvalue weighted by molar-refractivity contribution is -0.384. The fraction of sp³-hybridized carbons (Fsp3) is 0.500. The topological polar surface area (TPSA) is 77.3 Å². The van der Waals surface area contributed by atoms with Gasteiger partial charge in [-0.15, -0.1) is 0 Å². The van der Waals surface area contributed by atoms with Crippen LogP contribution in [-0.4, -0.2) is 29.2 Å². The van der Waals surface area contributed by atoms with Crippen LogP contribution in [0.3, 0.4) is 0 Å². The van der Waals surface area contributed by atoms with Gasteiger partial charge in [0.2, 0.25) is 0 Å². The lowest BCUT2D eigenvalue weighted by Gasteiger charge is -2.23. The molecule has 16 heavy (non-hydrogen) atoms. The third-order valence-electron chi connectivity index (χ3n) is 2.58. The molecule has 1 aliphatic heterocycles. The molecule has 1 fully saturated rings. The van der Waals surface area contributed by atoms with Crippen LogP contribution >= 0.6 is 0 Å². The minimum Gasteiger partial charge on any atom is -0.381 e. The lowest BCUT2D eigenvalue weighted by atomic mass is 10.1. The van der Waals surface area contributed by atoms with Gasteiger partial charge in [-0.3, -0.25) is 15.1 Å². The fourth-order valence-corrected chi connectivity index (χ4v) is 1.72. The summed E-state index contributed by atoms with van der Waals surface area (Å²) in [4.78, 5) is 14.1. The van der Waals surface area contributed by atoms with Gasteiger partial charge in [0.05, 0.1) is 4.92 Å². The average Bonchev–Trinajstić information content (AvgIpc) is 2.31. The van der Waals surface area contributed by atoms with Crippen molar-refractivity contribution in [2.24, 2.45) is 0 Å². The molecule has 2 heterocycles. The molecule has 6 nitrogen and oxygen atoms in total. The Hall–Kier alpha value is -1.69. The molecule has 1 aliphatic rings. The quantitative estimate of drug-likeness (QED) is 0.621. The minimum atomic E-state index is -0.422. The van der Waals surface area contributed by atoms with Crippen LogP contribution < -0.4 is 5.32 Å². The molecule has 0 unspecified atom stereocenters. The Balaban J connectivity index is 2.10. The molecule has 0 aromatic carbocycles. The summed E-state index contributed by atoms with van der Waals surface area (Å²) >= 11 is 0. The monoisotopic (exact) mass is 223 g/mol. The van der Waals surface area contributed by atoms with Crippen molar-refractivity contribution in [2.45, 2.75) is 18.9 Å². The molecule has 0 spiro atoms. The van der Waals surface area contributed by atoms with Crippen LogP contribution in [0.5, 0.6) is 0 Å². The number of hydrogen-bond acceptors (Lipinski definition) is 5. The third-order valence-corrected chi connectivity index (χ3v) is 2.58. The number of aromatic nitrogens is 1. The number of rotatable bonds is 3. The van der Waals surface area contributed by atoms with Gasteiger partial charge in [0.25, 0.3) is 0 Å². The zero-order chi connectivity index (χ0) is 11.4. The number of nitro groups is 1. The maximum Gasteiger partial charge on any atom is 0.310 e. The van der Waals surface area contributed by atoms with Crippen LogP contribution in [-0.2, 0) is 4.74 Å². The first-order chi connectivity index (χ1) is 7.77. The van der Waals surface area contributed by atoms with E-state index in [-0.39, 0.29) is 11.7 Å². The van der Waals surface area contributed by atoms with E-state index >= 15 is 0 Å². The minimum absolute atomic E-state index is 0.0222. The summed E-state index contributed by atoms with van der Waals surface area (Å²) < 4.78 is 5.23. The predicted octanol–water partition coefficient (Wildman–Crippen LogP) is 1.58. The van der Waals surface area contributed by atoms with Crippen molar-refractivity contribution in [3.8, 4) is 0 Å². The van der Waals surface area contributed by atoms with Crippen LogP contribution in [0.25, 0.3) is 0 Å². The Labute approximate surface area is 92.8 Å². The SMILES string of the molecule is O=[N+]([O-])c1cnccc1NC1CCOCC1. The number of anilines is 1. The molecule has 86 valence electrons. The fourth-order valence-electron chi connectivity index (χ4n) is 1.72. The van der Waals surface area contributed by atoms with Crippen molar-refractivity contribution >= 4 is 11.4 Å². The maximum absolute atomic E-state index is 10.8. The number of ether oxygens (including phenoxy) is 1. The highest BCUT2D eigenvalue weighted by atomic mass is 16.6. The van der Waals surface area contributed by atoms with Gasteiger partial charge < -0.3 is 10.1 Å². The molecular formula is C10H13N3O3. The summed E-state index contributed by atoms with van der Waals surface area (Å²) in [7, 11) is 0. The molecule has 0 bridgehead atoms. The Kier molecular flexibility index (Phi) is 3.31. The van der Waals surface area contributed by atoms with Gasteiger partial charge in [0.1, 0.15) is 11.9 Å². The summed E-state index contributed by atoms with van der Waals surface area (Å²) in [5, 5.41) is 13.9. The van der Waals surface area contributed by atoms with E-state index in [0.717, 1.165) is 12.8 Å². The summed E-state index contributed by atoms with van der Waals surface area (Å²) in [5.41, 5.74) is 0.556. The van der Waals surface area contributed by atoms with Crippen molar-refractivity contribution in [1.82, 2.24) is 4.98 Å². The van der Waals surface area contributed by atoms with Gasteiger partial charge >= 0.3 is 5.69 Å². The van der Waals surface area contributed by atoms with E-state index in [1.165, 1.54) is 6.20 Å². The van der Waals surface area contributed by atoms with E-state index in [1.54, 1.807) is 12.3 Å². The van der Waals surface area contributed by atoms with Gasteiger partial charge in [-0.1, -0.05) is 0 Å². The van der Waals surface area contributed by atoms with Crippen molar-refractivity contribution in [3.05, 3.63) is 28.6 Å². The Morgan fingerprint density at radius 2 is 2.25 bits per heavy atom. The Morgan fingerprint density at radius 1 is 1.50 bits per heavy atom. The summed E-state index contributed by atoms with van der Waals surface area (Å²) in [6.07, 6.45) is 4.56. The van der Waals surface area contributed by atoms with Gasteiger partial charge in [-0.25, -0.2) is 0 Å². The van der Waals surface area contributed by atoms with Crippen molar-refractivity contribution in [1.29, 1.82) is 0 Å². The first kappa shape index (κ1) is 10.8. The highest BCUT2D eigenvalue weighted by molar-refractivity contribution is 5.60. The van der Waals surface area contributed by atoms with Crippen LogP contribution in [0, 0.1) is 10.1 Å². The average molecular weight is 223 g/mol. The molecule has 0 saturated carbocycles. The zero-order valence-electron chi connectivity index (χ0n) is 8.76. The van der Waals surface area contributed by atoms with Gasteiger partial charge in [-0.05, 0) is 18.9 Å². The summed E-state index contributed by atoms with van der Waals surface area (Å²) in [6, 6.07) is 1.88. The second kappa shape index (κ2) is 4.89. The van der Waals surface area contributed by atoms with Crippen molar-refractivity contribution < 1.29 is 9.66 Å². The second-order valence-corrected chi connectivity index (χ2v) is 3.68. The zero-order valence-corrected chi connectivity index (χ0v) is 8.76. The first-order valence-corrected chi connectivity index (χ1v) is 5.20. The number of nitrogens with zero attached hydrogens (tertiary/aromatic N) is 2. The van der Waals surface area contributed by atoms with E-state index in [4.69, 9.17) is 4.74 Å². The standard InChI is InChI=1S/C10H13N3O3/c14-13(15)10-7-11-4-1-9(10)12-8-2-5-16-6-3-8/h1,4,7-8H,2-3,5-6H2,(H,11,12). The molecule has 2 rings (SSSR count). The molecule has 0 atom stereocenters. The molecule has 1 aromatic rings. The highest BCUT2D eigenvalue weighted by Gasteiger charge is 2.18. The molecule has 6 heteroatoms. The van der Waals surface area contributed by atoms with E-state index in [9.17, 15) is 10.1 Å².